The molecule has 0 unspecified atom stereocenters. The first-order valence-corrected chi connectivity index (χ1v) is 7.93. The monoisotopic (exact) mass is 352 g/mol. The maximum Gasteiger partial charge on any atom is 0.263 e. The van der Waals surface area contributed by atoms with Crippen molar-refractivity contribution in [3.63, 3.8) is 0 Å². The van der Waals surface area contributed by atoms with Crippen molar-refractivity contribution in [2.45, 2.75) is 13.0 Å². The van der Waals surface area contributed by atoms with Crippen molar-refractivity contribution in [2.75, 3.05) is 32.7 Å². The number of carbonyl (C=O) groups excluding carboxylic acids is 1. The molecule has 114 valence electrons. The van der Waals surface area contributed by atoms with Crippen LogP contribution in [0.3, 0.4) is 0 Å². The normalized spacial score (nSPS) is 17.3. The van der Waals surface area contributed by atoms with Gasteiger partial charge in [0.15, 0.2) is 6.10 Å². The van der Waals surface area contributed by atoms with Gasteiger partial charge in [0.1, 0.15) is 5.75 Å². The van der Waals surface area contributed by atoms with Crippen molar-refractivity contribution in [3.8, 4) is 5.75 Å². The number of nitrogens with zero attached hydrogens (tertiary/aromatic N) is 2. The van der Waals surface area contributed by atoms with Crippen LogP contribution in [0.4, 0.5) is 0 Å². The molecule has 1 atom stereocenters. The van der Waals surface area contributed by atoms with Crippen molar-refractivity contribution in [3.05, 3.63) is 41.4 Å². The Kier molecular flexibility index (Phi) is 5.82. The topological polar surface area (TPSA) is 32.8 Å². The quantitative estimate of drug-likeness (QED) is 0.763. The molecule has 0 aromatic heterocycles. The van der Waals surface area contributed by atoms with Crippen molar-refractivity contribution in [1.82, 2.24) is 9.80 Å². The first-order chi connectivity index (χ1) is 10.1. The number of ether oxygens (including phenoxy) is 1. The fourth-order valence-electron chi connectivity index (χ4n) is 2.39. The largest absolute Gasteiger partial charge is 0.481 e. The van der Waals surface area contributed by atoms with E-state index in [1.807, 2.05) is 35.2 Å². The summed E-state index contributed by atoms with van der Waals surface area (Å²) in [5, 5.41) is 0. The zero-order valence-electron chi connectivity index (χ0n) is 12.3. The summed E-state index contributed by atoms with van der Waals surface area (Å²) in [4.78, 5) is 16.6. The van der Waals surface area contributed by atoms with E-state index in [9.17, 15) is 4.79 Å². The molecule has 2 rings (SSSR count). The lowest BCUT2D eigenvalue weighted by Crippen LogP contribution is -2.51. The predicted molar refractivity (Wildman–Crippen MR) is 87.4 cm³/mol. The SMILES string of the molecule is C=CCN1CCN(C(=O)[C@H](C)Oc2cccc(Br)c2)CC1. The third kappa shape index (κ3) is 4.58. The molecular weight excluding hydrogens is 332 g/mol. The van der Waals surface area contributed by atoms with Crippen LogP contribution in [0.5, 0.6) is 5.75 Å². The summed E-state index contributed by atoms with van der Waals surface area (Å²) in [6.07, 6.45) is 1.43. The minimum atomic E-state index is -0.467. The van der Waals surface area contributed by atoms with Gasteiger partial charge in [0.2, 0.25) is 0 Å². The van der Waals surface area contributed by atoms with E-state index in [0.717, 1.165) is 37.2 Å². The molecule has 0 N–H and O–H groups in total. The zero-order valence-corrected chi connectivity index (χ0v) is 13.9. The van der Waals surface area contributed by atoms with E-state index in [-0.39, 0.29) is 5.91 Å². The average molecular weight is 353 g/mol. The molecule has 1 amide bonds. The predicted octanol–water partition coefficient (Wildman–Crippen LogP) is 2.55. The van der Waals surface area contributed by atoms with Gasteiger partial charge in [-0.3, -0.25) is 9.69 Å². The molecule has 0 saturated carbocycles. The van der Waals surface area contributed by atoms with E-state index in [4.69, 9.17) is 4.74 Å². The Bertz CT molecular complexity index is 499. The fourth-order valence-corrected chi connectivity index (χ4v) is 2.76. The Morgan fingerprint density at radius 3 is 2.76 bits per heavy atom. The molecule has 1 saturated heterocycles. The maximum atomic E-state index is 12.4. The van der Waals surface area contributed by atoms with Gasteiger partial charge in [0, 0.05) is 37.2 Å². The van der Waals surface area contributed by atoms with E-state index >= 15 is 0 Å². The lowest BCUT2D eigenvalue weighted by molar-refractivity contribution is -0.139. The highest BCUT2D eigenvalue weighted by Crippen LogP contribution is 2.19. The minimum absolute atomic E-state index is 0.0493. The molecule has 0 aliphatic carbocycles. The van der Waals surface area contributed by atoms with E-state index in [0.29, 0.717) is 5.75 Å². The lowest BCUT2D eigenvalue weighted by atomic mass is 10.2. The maximum absolute atomic E-state index is 12.4. The minimum Gasteiger partial charge on any atom is -0.481 e. The van der Waals surface area contributed by atoms with Gasteiger partial charge in [-0.15, -0.1) is 6.58 Å². The first-order valence-electron chi connectivity index (χ1n) is 7.14. The molecule has 5 heteroatoms. The van der Waals surface area contributed by atoms with Gasteiger partial charge in [-0.2, -0.15) is 0 Å². The summed E-state index contributed by atoms with van der Waals surface area (Å²) in [5.41, 5.74) is 0. The third-order valence-electron chi connectivity index (χ3n) is 3.53. The van der Waals surface area contributed by atoms with Crippen molar-refractivity contribution in [2.24, 2.45) is 0 Å². The van der Waals surface area contributed by atoms with Gasteiger partial charge >= 0.3 is 0 Å². The lowest BCUT2D eigenvalue weighted by Gasteiger charge is -2.35. The molecule has 1 heterocycles. The van der Waals surface area contributed by atoms with Gasteiger partial charge in [-0.25, -0.2) is 0 Å². The van der Waals surface area contributed by atoms with Crippen LogP contribution in [0.25, 0.3) is 0 Å². The highest BCUT2D eigenvalue weighted by Gasteiger charge is 2.25. The summed E-state index contributed by atoms with van der Waals surface area (Å²) >= 11 is 3.40. The third-order valence-corrected chi connectivity index (χ3v) is 4.02. The molecule has 1 fully saturated rings. The summed E-state index contributed by atoms with van der Waals surface area (Å²) in [7, 11) is 0. The number of amides is 1. The summed E-state index contributed by atoms with van der Waals surface area (Å²) in [5.74, 6) is 0.753. The van der Waals surface area contributed by atoms with Gasteiger partial charge < -0.3 is 9.64 Å². The second-order valence-electron chi connectivity index (χ2n) is 5.13. The number of hydrogen-bond acceptors (Lipinski definition) is 3. The molecule has 4 nitrogen and oxygen atoms in total. The van der Waals surface area contributed by atoms with Crippen LogP contribution >= 0.6 is 15.9 Å². The fraction of sp³-hybridized carbons (Fsp3) is 0.438. The molecule has 0 bridgehead atoms. The molecule has 1 aliphatic heterocycles. The van der Waals surface area contributed by atoms with Crippen molar-refractivity contribution in [1.29, 1.82) is 0 Å². The average Bonchev–Trinajstić information content (AvgIpc) is 2.47. The van der Waals surface area contributed by atoms with E-state index < -0.39 is 6.10 Å². The summed E-state index contributed by atoms with van der Waals surface area (Å²) < 4.78 is 6.68. The van der Waals surface area contributed by atoms with Crippen molar-refractivity contribution < 1.29 is 9.53 Å². The number of carbonyl (C=O) groups is 1. The van der Waals surface area contributed by atoms with Gasteiger partial charge in [0.25, 0.3) is 5.91 Å². The highest BCUT2D eigenvalue weighted by atomic mass is 79.9. The van der Waals surface area contributed by atoms with Crippen LogP contribution in [0, 0.1) is 0 Å². The summed E-state index contributed by atoms with van der Waals surface area (Å²) in [6.45, 7) is 9.71. The molecule has 1 aliphatic rings. The van der Waals surface area contributed by atoms with Crippen LogP contribution < -0.4 is 4.74 Å². The standard InChI is InChI=1S/C16H21BrN2O2/c1-3-7-18-8-10-19(11-9-18)16(20)13(2)21-15-6-4-5-14(17)12-15/h3-6,12-13H,1,7-11H2,2H3/t13-/m0/s1. The van der Waals surface area contributed by atoms with Gasteiger partial charge in [0.05, 0.1) is 0 Å². The molecule has 1 aromatic carbocycles. The molecular formula is C16H21BrN2O2. The second-order valence-corrected chi connectivity index (χ2v) is 6.05. The number of benzene rings is 1. The second kappa shape index (κ2) is 7.61. The Labute approximate surface area is 134 Å². The Morgan fingerprint density at radius 1 is 1.43 bits per heavy atom. The Balaban J connectivity index is 1.87. The first kappa shape index (κ1) is 16.0. The zero-order chi connectivity index (χ0) is 15.2. The smallest absolute Gasteiger partial charge is 0.263 e. The van der Waals surface area contributed by atoms with Crippen molar-refractivity contribution >= 4 is 21.8 Å². The molecule has 21 heavy (non-hydrogen) atoms. The molecule has 0 radical (unpaired) electrons. The van der Waals surface area contributed by atoms with E-state index in [2.05, 4.69) is 27.4 Å². The number of piperazine rings is 1. The Morgan fingerprint density at radius 2 is 2.14 bits per heavy atom. The van der Waals surface area contributed by atoms with Gasteiger partial charge in [-0.1, -0.05) is 28.1 Å². The Hall–Kier alpha value is -1.33. The van der Waals surface area contributed by atoms with Crippen LogP contribution in [-0.4, -0.2) is 54.5 Å². The molecule has 0 spiro atoms. The van der Waals surface area contributed by atoms with Crippen LogP contribution in [0.2, 0.25) is 0 Å². The number of rotatable bonds is 5. The van der Waals surface area contributed by atoms with Crippen LogP contribution in [-0.2, 0) is 4.79 Å². The van der Waals surface area contributed by atoms with Crippen LogP contribution in [0.1, 0.15) is 6.92 Å². The highest BCUT2D eigenvalue weighted by molar-refractivity contribution is 9.10. The van der Waals surface area contributed by atoms with E-state index in [1.165, 1.54) is 0 Å². The van der Waals surface area contributed by atoms with Gasteiger partial charge in [-0.05, 0) is 25.1 Å². The van der Waals surface area contributed by atoms with E-state index in [1.54, 1.807) is 6.92 Å². The summed E-state index contributed by atoms with van der Waals surface area (Å²) in [6, 6.07) is 7.55. The number of halogens is 1. The number of hydrogen-bond donors (Lipinski definition) is 0. The van der Waals surface area contributed by atoms with Crippen LogP contribution in [0.15, 0.2) is 41.4 Å². The molecule has 1 aromatic rings.